The first-order valence-electron chi connectivity index (χ1n) is 7.86. The van der Waals surface area contributed by atoms with E-state index >= 15 is 0 Å². The number of hydrogen-bond acceptors (Lipinski definition) is 6. The number of hydrogen-bond donors (Lipinski definition) is 0. The Kier molecular flexibility index (Phi) is 4.59. The van der Waals surface area contributed by atoms with E-state index in [0.717, 1.165) is 11.2 Å². The summed E-state index contributed by atoms with van der Waals surface area (Å²) in [6.45, 7) is 8.56. The second-order valence-electron chi connectivity index (χ2n) is 6.77. The van der Waals surface area contributed by atoms with Gasteiger partial charge < -0.3 is 18.8 Å². The molecule has 0 amide bonds. The third-order valence-corrected chi connectivity index (χ3v) is 5.21. The molecule has 0 bridgehead atoms. The maximum Gasteiger partial charge on any atom is 0.494 e. The van der Waals surface area contributed by atoms with Gasteiger partial charge >= 0.3 is 7.12 Å². The molecule has 1 aromatic carbocycles. The van der Waals surface area contributed by atoms with Gasteiger partial charge in [-0.15, -0.1) is 11.3 Å². The summed E-state index contributed by atoms with van der Waals surface area (Å²) in [7, 11) is 1.20. The SMILES string of the molecule is COc1cc(B2OC(C)(C)C(C)(C)O2)ccc1OCc1cscn1. The van der Waals surface area contributed by atoms with E-state index in [1.165, 1.54) is 0 Å². The average molecular weight is 347 g/mol. The summed E-state index contributed by atoms with van der Waals surface area (Å²) in [4.78, 5) is 4.21. The summed E-state index contributed by atoms with van der Waals surface area (Å²) in [5, 5.41) is 1.96. The van der Waals surface area contributed by atoms with Crippen LogP contribution in [0.3, 0.4) is 0 Å². The molecule has 24 heavy (non-hydrogen) atoms. The van der Waals surface area contributed by atoms with E-state index in [0.29, 0.717) is 18.1 Å². The van der Waals surface area contributed by atoms with Gasteiger partial charge in [0, 0.05) is 5.38 Å². The van der Waals surface area contributed by atoms with Crippen LogP contribution in [0.4, 0.5) is 0 Å². The monoisotopic (exact) mass is 347 g/mol. The van der Waals surface area contributed by atoms with Crippen LogP contribution in [-0.2, 0) is 15.9 Å². The van der Waals surface area contributed by atoms with Crippen molar-refractivity contribution >= 4 is 23.9 Å². The Hall–Kier alpha value is -1.57. The fourth-order valence-corrected chi connectivity index (χ4v) is 2.93. The van der Waals surface area contributed by atoms with Crippen molar-refractivity contribution in [1.29, 1.82) is 0 Å². The molecule has 0 radical (unpaired) electrons. The van der Waals surface area contributed by atoms with Crippen molar-refractivity contribution in [3.63, 3.8) is 0 Å². The van der Waals surface area contributed by atoms with E-state index < -0.39 is 7.12 Å². The van der Waals surface area contributed by atoms with Crippen molar-refractivity contribution in [3.8, 4) is 11.5 Å². The molecule has 3 rings (SSSR count). The normalized spacial score (nSPS) is 18.6. The number of rotatable bonds is 5. The Labute approximate surface area is 147 Å². The second-order valence-corrected chi connectivity index (χ2v) is 7.49. The molecular weight excluding hydrogens is 325 g/mol. The van der Waals surface area contributed by atoms with Gasteiger partial charge in [-0.3, -0.25) is 0 Å². The van der Waals surface area contributed by atoms with E-state index in [2.05, 4.69) is 4.98 Å². The summed E-state index contributed by atoms with van der Waals surface area (Å²) < 4.78 is 23.4. The smallest absolute Gasteiger partial charge is 0.493 e. The summed E-state index contributed by atoms with van der Waals surface area (Å²) >= 11 is 1.55. The number of aromatic nitrogens is 1. The summed E-state index contributed by atoms with van der Waals surface area (Å²) in [5.41, 5.74) is 2.86. The molecule has 5 nitrogen and oxygen atoms in total. The molecule has 0 atom stereocenters. The largest absolute Gasteiger partial charge is 0.494 e. The lowest BCUT2D eigenvalue weighted by Crippen LogP contribution is -2.41. The lowest BCUT2D eigenvalue weighted by atomic mass is 9.79. The van der Waals surface area contributed by atoms with Crippen LogP contribution >= 0.6 is 11.3 Å². The standard InChI is InChI=1S/C17H22BNO4S/c1-16(2)17(3,4)23-18(22-16)12-6-7-14(15(8-12)20-5)21-9-13-10-24-11-19-13/h6-8,10-11H,9H2,1-5H3. The molecule has 1 aromatic heterocycles. The first kappa shape index (κ1) is 17.3. The fraction of sp³-hybridized carbons (Fsp3) is 0.471. The summed E-state index contributed by atoms with van der Waals surface area (Å²) in [6.07, 6.45) is 0. The molecule has 0 unspecified atom stereocenters. The molecule has 0 aliphatic carbocycles. The Bertz CT molecular complexity index is 687. The highest BCUT2D eigenvalue weighted by atomic mass is 32.1. The number of methoxy groups -OCH3 is 1. The highest BCUT2D eigenvalue weighted by Crippen LogP contribution is 2.37. The third kappa shape index (κ3) is 3.29. The van der Waals surface area contributed by atoms with Crippen LogP contribution in [0.2, 0.25) is 0 Å². The predicted molar refractivity (Wildman–Crippen MR) is 95.2 cm³/mol. The van der Waals surface area contributed by atoms with E-state index in [1.807, 2.05) is 51.3 Å². The number of nitrogens with zero attached hydrogens (tertiary/aromatic N) is 1. The van der Waals surface area contributed by atoms with Crippen LogP contribution in [0.15, 0.2) is 29.1 Å². The van der Waals surface area contributed by atoms with Crippen LogP contribution in [0, 0.1) is 0 Å². The van der Waals surface area contributed by atoms with Crippen LogP contribution in [-0.4, -0.2) is 30.4 Å². The van der Waals surface area contributed by atoms with Gasteiger partial charge in [0.2, 0.25) is 0 Å². The van der Waals surface area contributed by atoms with Crippen LogP contribution in [0.1, 0.15) is 33.4 Å². The van der Waals surface area contributed by atoms with Crippen molar-refractivity contribution in [3.05, 3.63) is 34.8 Å². The zero-order valence-corrected chi connectivity index (χ0v) is 15.5. The van der Waals surface area contributed by atoms with E-state index in [-0.39, 0.29) is 11.2 Å². The summed E-state index contributed by atoms with van der Waals surface area (Å²) in [5.74, 6) is 1.32. The van der Waals surface area contributed by atoms with Gasteiger partial charge in [0.25, 0.3) is 0 Å². The zero-order valence-electron chi connectivity index (χ0n) is 14.7. The molecule has 128 valence electrons. The molecule has 2 heterocycles. The molecule has 0 saturated carbocycles. The molecule has 1 aliphatic rings. The van der Waals surface area contributed by atoms with Crippen LogP contribution in [0.25, 0.3) is 0 Å². The van der Waals surface area contributed by atoms with Crippen molar-refractivity contribution in [1.82, 2.24) is 4.98 Å². The molecule has 0 spiro atoms. The molecule has 7 heteroatoms. The van der Waals surface area contributed by atoms with Crippen LogP contribution in [0.5, 0.6) is 11.5 Å². The Morgan fingerprint density at radius 2 is 1.83 bits per heavy atom. The van der Waals surface area contributed by atoms with Crippen LogP contribution < -0.4 is 14.9 Å². The maximum absolute atomic E-state index is 6.08. The van der Waals surface area contributed by atoms with Crippen molar-refractivity contribution < 1.29 is 18.8 Å². The number of thiazole rings is 1. The molecule has 1 saturated heterocycles. The van der Waals surface area contributed by atoms with Crippen molar-refractivity contribution in [2.45, 2.75) is 45.5 Å². The highest BCUT2D eigenvalue weighted by Gasteiger charge is 2.51. The fourth-order valence-electron chi connectivity index (χ4n) is 2.39. The topological polar surface area (TPSA) is 49.8 Å². The third-order valence-electron chi connectivity index (χ3n) is 4.57. The van der Waals surface area contributed by atoms with E-state index in [1.54, 1.807) is 24.0 Å². The highest BCUT2D eigenvalue weighted by molar-refractivity contribution is 7.07. The van der Waals surface area contributed by atoms with Gasteiger partial charge in [-0.1, -0.05) is 6.07 Å². The minimum absolute atomic E-state index is 0.370. The quantitative estimate of drug-likeness (QED) is 0.778. The molecule has 1 fully saturated rings. The average Bonchev–Trinajstić information content (AvgIpc) is 3.11. The second kappa shape index (κ2) is 6.39. The lowest BCUT2D eigenvalue weighted by Gasteiger charge is -2.32. The molecule has 2 aromatic rings. The first-order chi connectivity index (χ1) is 11.3. The minimum atomic E-state index is -0.420. The van der Waals surface area contributed by atoms with Crippen molar-refractivity contribution in [2.24, 2.45) is 0 Å². The summed E-state index contributed by atoms with van der Waals surface area (Å²) in [6, 6.07) is 5.73. The Balaban J connectivity index is 1.77. The zero-order chi connectivity index (χ0) is 17.4. The predicted octanol–water partition coefficient (Wildman–Crippen LogP) is 3.03. The van der Waals surface area contributed by atoms with Gasteiger partial charge in [-0.2, -0.15) is 0 Å². The molecule has 0 N–H and O–H groups in total. The number of ether oxygens (including phenoxy) is 2. The Morgan fingerprint density at radius 1 is 1.12 bits per heavy atom. The number of benzene rings is 1. The van der Waals surface area contributed by atoms with Gasteiger partial charge in [0.1, 0.15) is 6.61 Å². The molecular formula is C17H22BNO4S. The van der Waals surface area contributed by atoms with Crippen molar-refractivity contribution in [2.75, 3.05) is 7.11 Å². The van der Waals surface area contributed by atoms with Gasteiger partial charge in [0.05, 0.1) is 29.5 Å². The first-order valence-corrected chi connectivity index (χ1v) is 8.80. The minimum Gasteiger partial charge on any atom is -0.493 e. The Morgan fingerprint density at radius 3 is 2.42 bits per heavy atom. The lowest BCUT2D eigenvalue weighted by molar-refractivity contribution is 0.00578. The van der Waals surface area contributed by atoms with E-state index in [9.17, 15) is 0 Å². The molecule has 1 aliphatic heterocycles. The van der Waals surface area contributed by atoms with Gasteiger partial charge in [-0.05, 0) is 45.3 Å². The van der Waals surface area contributed by atoms with Gasteiger partial charge in [0.15, 0.2) is 11.5 Å². The van der Waals surface area contributed by atoms with E-state index in [4.69, 9.17) is 18.8 Å². The maximum atomic E-state index is 6.08. The van der Waals surface area contributed by atoms with Gasteiger partial charge in [-0.25, -0.2) is 4.98 Å².